The molecule has 3 aromatic carbocycles. The van der Waals surface area contributed by atoms with E-state index in [0.717, 1.165) is 27.5 Å². The van der Waals surface area contributed by atoms with Crippen molar-refractivity contribution in [2.75, 3.05) is 10.6 Å². The number of anilines is 4. The van der Waals surface area contributed by atoms with Gasteiger partial charge in [-0.3, -0.25) is 20.1 Å². The molecule has 0 bridgehead atoms. The Bertz CT molecular complexity index is 1630. The number of aromatic amines is 3. The van der Waals surface area contributed by atoms with Gasteiger partial charge in [0.2, 0.25) is 5.95 Å². The van der Waals surface area contributed by atoms with Crippen molar-refractivity contribution >= 4 is 56.0 Å². The quantitative estimate of drug-likeness (QED) is 0.298. The second kappa shape index (κ2) is 6.70. The Balaban J connectivity index is 1.42. The first-order valence-corrected chi connectivity index (χ1v) is 9.69. The molecule has 31 heavy (non-hydrogen) atoms. The van der Waals surface area contributed by atoms with Gasteiger partial charge in [0.25, 0.3) is 5.56 Å². The summed E-state index contributed by atoms with van der Waals surface area (Å²) in [7, 11) is 0. The van der Waals surface area contributed by atoms with E-state index in [4.69, 9.17) is 4.98 Å². The van der Waals surface area contributed by atoms with Gasteiger partial charge in [-0.05, 0) is 42.5 Å². The molecule has 0 aliphatic carbocycles. The van der Waals surface area contributed by atoms with Crippen LogP contribution < -0.4 is 16.2 Å². The van der Waals surface area contributed by atoms with Crippen molar-refractivity contribution in [2.45, 2.75) is 0 Å². The number of benzene rings is 3. The lowest BCUT2D eigenvalue weighted by molar-refractivity contribution is 1.08. The first-order valence-electron chi connectivity index (χ1n) is 9.69. The zero-order valence-corrected chi connectivity index (χ0v) is 16.1. The predicted molar refractivity (Wildman–Crippen MR) is 121 cm³/mol. The van der Waals surface area contributed by atoms with Crippen molar-refractivity contribution in [1.82, 2.24) is 30.4 Å². The van der Waals surface area contributed by atoms with Crippen LogP contribution in [0.25, 0.3) is 32.7 Å². The zero-order valence-electron chi connectivity index (χ0n) is 16.1. The van der Waals surface area contributed by atoms with Gasteiger partial charge in [-0.15, -0.1) is 0 Å². The minimum atomic E-state index is -0.152. The molecule has 6 aromatic rings. The van der Waals surface area contributed by atoms with E-state index in [1.54, 1.807) is 6.07 Å². The molecule has 0 amide bonds. The van der Waals surface area contributed by atoms with Crippen LogP contribution in [0.5, 0.6) is 0 Å². The predicted octanol–water partition coefficient (Wildman–Crippen LogP) is 4.16. The highest BCUT2D eigenvalue weighted by molar-refractivity contribution is 5.96. The number of nitrogens with one attached hydrogen (secondary N) is 5. The normalized spacial score (nSPS) is 11.4. The number of hydrogen-bond donors (Lipinski definition) is 5. The topological polar surface area (TPSA) is 127 Å². The Morgan fingerprint density at radius 2 is 1.55 bits per heavy atom. The molecule has 150 valence electrons. The zero-order chi connectivity index (χ0) is 20.8. The third kappa shape index (κ3) is 2.96. The van der Waals surface area contributed by atoms with E-state index in [0.29, 0.717) is 28.5 Å². The Labute approximate surface area is 174 Å². The van der Waals surface area contributed by atoms with Crippen molar-refractivity contribution in [3.63, 3.8) is 0 Å². The molecule has 0 radical (unpaired) electrons. The molecule has 5 N–H and O–H groups in total. The van der Waals surface area contributed by atoms with Crippen LogP contribution in [0.1, 0.15) is 0 Å². The van der Waals surface area contributed by atoms with Gasteiger partial charge < -0.3 is 10.6 Å². The van der Waals surface area contributed by atoms with Gasteiger partial charge in [-0.25, -0.2) is 4.98 Å². The average Bonchev–Trinajstić information content (AvgIpc) is 3.37. The van der Waals surface area contributed by atoms with E-state index < -0.39 is 0 Å². The standard InChI is InChI=1S/C22H16N8O/c31-21-15-10-9-12(11-18(15)28-30-21)23-22-24-16-7-3-1-5-13(16)19(26-22)25-20-14-6-2-4-8-17(14)27-29-20/h1-11H,(H2,28,30,31)(H3,23,24,25,26,27,29). The molecule has 0 unspecified atom stereocenters. The van der Waals surface area contributed by atoms with E-state index in [-0.39, 0.29) is 5.56 Å². The van der Waals surface area contributed by atoms with Crippen molar-refractivity contribution < 1.29 is 0 Å². The Morgan fingerprint density at radius 1 is 0.710 bits per heavy atom. The molecule has 3 aromatic heterocycles. The second-order valence-corrected chi connectivity index (χ2v) is 7.12. The minimum Gasteiger partial charge on any atom is -0.324 e. The molecule has 3 heterocycles. The summed E-state index contributed by atoms with van der Waals surface area (Å²) in [5.41, 5.74) is 3.04. The summed E-state index contributed by atoms with van der Waals surface area (Å²) >= 11 is 0. The maximum absolute atomic E-state index is 11.7. The minimum absolute atomic E-state index is 0.152. The average molecular weight is 408 g/mol. The molecular weight excluding hydrogens is 392 g/mol. The number of nitrogens with zero attached hydrogens (tertiary/aromatic N) is 3. The fraction of sp³-hybridized carbons (Fsp3) is 0. The Morgan fingerprint density at radius 3 is 2.48 bits per heavy atom. The molecule has 0 fully saturated rings. The van der Waals surface area contributed by atoms with E-state index >= 15 is 0 Å². The number of hydrogen-bond acceptors (Lipinski definition) is 6. The molecule has 9 heteroatoms. The monoisotopic (exact) mass is 408 g/mol. The van der Waals surface area contributed by atoms with Crippen molar-refractivity contribution in [2.24, 2.45) is 0 Å². The lowest BCUT2D eigenvalue weighted by Crippen LogP contribution is -2.03. The Kier molecular flexibility index (Phi) is 3.72. The first kappa shape index (κ1) is 17.2. The molecule has 0 saturated heterocycles. The Hall–Kier alpha value is -4.66. The van der Waals surface area contributed by atoms with Crippen LogP contribution in [0.15, 0.2) is 71.5 Å². The van der Waals surface area contributed by atoms with Gasteiger partial charge in [0, 0.05) is 16.5 Å². The third-order valence-corrected chi connectivity index (χ3v) is 5.14. The van der Waals surface area contributed by atoms with Gasteiger partial charge in [-0.2, -0.15) is 10.1 Å². The van der Waals surface area contributed by atoms with Gasteiger partial charge in [0.15, 0.2) is 5.82 Å². The van der Waals surface area contributed by atoms with Crippen LogP contribution in [-0.4, -0.2) is 30.4 Å². The van der Waals surface area contributed by atoms with Crippen LogP contribution in [0.4, 0.5) is 23.3 Å². The van der Waals surface area contributed by atoms with Gasteiger partial charge >= 0.3 is 0 Å². The first-order chi connectivity index (χ1) is 15.2. The highest BCUT2D eigenvalue weighted by Crippen LogP contribution is 2.29. The summed E-state index contributed by atoms with van der Waals surface area (Å²) in [6.07, 6.45) is 0. The third-order valence-electron chi connectivity index (χ3n) is 5.14. The van der Waals surface area contributed by atoms with Crippen molar-refractivity contribution in [1.29, 1.82) is 0 Å². The fourth-order valence-electron chi connectivity index (χ4n) is 3.64. The van der Waals surface area contributed by atoms with Crippen LogP contribution in [0.2, 0.25) is 0 Å². The molecule has 0 aliphatic rings. The van der Waals surface area contributed by atoms with Crippen molar-refractivity contribution in [3.05, 3.63) is 77.1 Å². The van der Waals surface area contributed by atoms with Gasteiger partial charge in [-0.1, -0.05) is 24.3 Å². The lowest BCUT2D eigenvalue weighted by atomic mass is 10.2. The summed E-state index contributed by atoms with van der Waals surface area (Å²) in [5, 5.41) is 21.9. The number of aromatic nitrogens is 6. The largest absolute Gasteiger partial charge is 0.324 e. The second-order valence-electron chi connectivity index (χ2n) is 7.12. The molecule has 6 rings (SSSR count). The summed E-state index contributed by atoms with van der Waals surface area (Å²) < 4.78 is 0. The van der Waals surface area contributed by atoms with E-state index in [2.05, 4.69) is 36.0 Å². The lowest BCUT2D eigenvalue weighted by Gasteiger charge is -2.11. The fourth-order valence-corrected chi connectivity index (χ4v) is 3.64. The van der Waals surface area contributed by atoms with E-state index in [9.17, 15) is 4.79 Å². The summed E-state index contributed by atoms with van der Waals surface area (Å²) in [6, 6.07) is 21.1. The number of para-hydroxylation sites is 2. The molecule has 9 nitrogen and oxygen atoms in total. The molecular formula is C22H16N8O. The van der Waals surface area contributed by atoms with Crippen molar-refractivity contribution in [3.8, 4) is 0 Å². The van der Waals surface area contributed by atoms with Gasteiger partial charge in [0.1, 0.15) is 5.82 Å². The molecule has 0 atom stereocenters. The summed E-state index contributed by atoms with van der Waals surface area (Å²) in [6.45, 7) is 0. The van der Waals surface area contributed by atoms with Crippen LogP contribution in [-0.2, 0) is 0 Å². The number of H-pyrrole nitrogens is 3. The van der Waals surface area contributed by atoms with Crippen LogP contribution in [0, 0.1) is 0 Å². The summed E-state index contributed by atoms with van der Waals surface area (Å²) in [4.78, 5) is 21.1. The van der Waals surface area contributed by atoms with Crippen LogP contribution >= 0.6 is 0 Å². The smallest absolute Gasteiger partial charge is 0.271 e. The maximum Gasteiger partial charge on any atom is 0.271 e. The highest BCUT2D eigenvalue weighted by atomic mass is 16.1. The highest BCUT2D eigenvalue weighted by Gasteiger charge is 2.12. The molecule has 0 spiro atoms. The maximum atomic E-state index is 11.7. The van der Waals surface area contributed by atoms with Gasteiger partial charge in [0.05, 0.1) is 21.9 Å². The number of rotatable bonds is 4. The summed E-state index contributed by atoms with van der Waals surface area (Å²) in [5.74, 6) is 1.76. The molecule has 0 aliphatic heterocycles. The van der Waals surface area contributed by atoms with Crippen LogP contribution in [0.3, 0.4) is 0 Å². The molecule has 0 saturated carbocycles. The van der Waals surface area contributed by atoms with E-state index in [1.807, 2.05) is 60.7 Å². The number of fused-ring (bicyclic) bond motifs is 3. The SMILES string of the molecule is O=c1[nH][nH]c2cc(Nc3nc(Nc4n[nH]c5ccccc45)c4ccccc4n3)ccc12. The van der Waals surface area contributed by atoms with E-state index in [1.165, 1.54) is 0 Å².